The highest BCUT2D eigenvalue weighted by Crippen LogP contribution is 2.30. The zero-order valence-electron chi connectivity index (χ0n) is 18.7. The third kappa shape index (κ3) is 5.04. The predicted octanol–water partition coefficient (Wildman–Crippen LogP) is 3.79. The SMILES string of the molecule is Cc1ccc(N2CC(C(=O)N3CCC(C(=O)Nc4ccc([N+](=O)[O-])cc4Cl)CC3)CC2=O)cc1. The van der Waals surface area contributed by atoms with Crippen LogP contribution in [0.5, 0.6) is 0 Å². The van der Waals surface area contributed by atoms with Crippen LogP contribution in [0.25, 0.3) is 0 Å². The van der Waals surface area contributed by atoms with Gasteiger partial charge in [-0.15, -0.1) is 0 Å². The number of carbonyl (C=O) groups is 3. The maximum absolute atomic E-state index is 13.1. The molecule has 2 aliphatic heterocycles. The van der Waals surface area contributed by atoms with Gasteiger partial charge in [0.1, 0.15) is 0 Å². The number of aryl methyl sites for hydroxylation is 1. The number of nitro groups is 1. The third-order valence-corrected chi connectivity index (χ3v) is 6.73. The van der Waals surface area contributed by atoms with E-state index in [4.69, 9.17) is 11.6 Å². The van der Waals surface area contributed by atoms with Gasteiger partial charge >= 0.3 is 0 Å². The van der Waals surface area contributed by atoms with Gasteiger partial charge in [0.15, 0.2) is 0 Å². The number of hydrogen-bond acceptors (Lipinski definition) is 5. The van der Waals surface area contributed by atoms with E-state index in [1.54, 1.807) is 9.80 Å². The molecule has 2 fully saturated rings. The van der Waals surface area contributed by atoms with Crippen molar-refractivity contribution >= 4 is 46.4 Å². The van der Waals surface area contributed by atoms with Crippen LogP contribution >= 0.6 is 11.6 Å². The zero-order chi connectivity index (χ0) is 24.4. The number of carbonyl (C=O) groups excluding carboxylic acids is 3. The van der Waals surface area contributed by atoms with E-state index in [2.05, 4.69) is 5.32 Å². The van der Waals surface area contributed by atoms with Gasteiger partial charge in [-0.2, -0.15) is 0 Å². The third-order valence-electron chi connectivity index (χ3n) is 6.42. The Morgan fingerprint density at radius 1 is 1.09 bits per heavy atom. The van der Waals surface area contributed by atoms with E-state index >= 15 is 0 Å². The molecule has 2 saturated heterocycles. The standard InChI is InChI=1S/C24H25ClN4O5/c1-15-2-4-18(5-3-15)28-14-17(12-22(28)30)24(32)27-10-8-16(9-11-27)23(31)26-21-7-6-19(29(33)34)13-20(21)25/h2-7,13,16-17H,8-12,14H2,1H3,(H,26,31). The van der Waals surface area contributed by atoms with Crippen LogP contribution in [0.4, 0.5) is 17.1 Å². The van der Waals surface area contributed by atoms with E-state index in [0.29, 0.717) is 38.2 Å². The maximum Gasteiger partial charge on any atom is 0.271 e. The second-order valence-electron chi connectivity index (χ2n) is 8.75. The minimum absolute atomic E-state index is 0.0553. The van der Waals surface area contributed by atoms with E-state index in [0.717, 1.165) is 11.3 Å². The summed E-state index contributed by atoms with van der Waals surface area (Å²) in [6.45, 7) is 3.20. The highest BCUT2D eigenvalue weighted by atomic mass is 35.5. The normalized spacial score (nSPS) is 18.8. The lowest BCUT2D eigenvalue weighted by Gasteiger charge is -2.33. The lowest BCUT2D eigenvalue weighted by Crippen LogP contribution is -2.44. The summed E-state index contributed by atoms with van der Waals surface area (Å²) in [6, 6.07) is 11.6. The summed E-state index contributed by atoms with van der Waals surface area (Å²) in [7, 11) is 0. The summed E-state index contributed by atoms with van der Waals surface area (Å²) < 4.78 is 0. The second-order valence-corrected chi connectivity index (χ2v) is 9.16. The van der Waals surface area contributed by atoms with Gasteiger partial charge in [0, 0.05) is 49.8 Å². The Labute approximate surface area is 201 Å². The molecule has 1 atom stereocenters. The van der Waals surface area contributed by atoms with Gasteiger partial charge in [0.25, 0.3) is 5.69 Å². The maximum atomic E-state index is 13.1. The largest absolute Gasteiger partial charge is 0.342 e. The minimum atomic E-state index is -0.553. The number of likely N-dealkylation sites (tertiary alicyclic amines) is 1. The van der Waals surface area contributed by atoms with Crippen molar-refractivity contribution in [3.05, 3.63) is 63.2 Å². The molecule has 2 aromatic carbocycles. The van der Waals surface area contributed by atoms with Gasteiger partial charge < -0.3 is 15.1 Å². The molecule has 1 unspecified atom stereocenters. The lowest BCUT2D eigenvalue weighted by atomic mass is 9.94. The zero-order valence-corrected chi connectivity index (χ0v) is 19.5. The van der Waals surface area contributed by atoms with Gasteiger partial charge in [-0.3, -0.25) is 24.5 Å². The van der Waals surface area contributed by atoms with Crippen molar-refractivity contribution in [2.24, 2.45) is 11.8 Å². The average Bonchev–Trinajstić information content (AvgIpc) is 3.21. The van der Waals surface area contributed by atoms with Crippen molar-refractivity contribution in [1.82, 2.24) is 4.90 Å². The van der Waals surface area contributed by atoms with E-state index in [-0.39, 0.29) is 40.8 Å². The summed E-state index contributed by atoms with van der Waals surface area (Å²) >= 11 is 6.07. The molecule has 9 nitrogen and oxygen atoms in total. The summed E-state index contributed by atoms with van der Waals surface area (Å²) in [4.78, 5) is 51.9. The number of rotatable bonds is 5. The molecule has 0 bridgehead atoms. The molecule has 0 saturated carbocycles. The average molecular weight is 485 g/mol. The number of nitrogens with zero attached hydrogens (tertiary/aromatic N) is 3. The number of nitrogens with one attached hydrogen (secondary N) is 1. The highest BCUT2D eigenvalue weighted by Gasteiger charge is 2.38. The van der Waals surface area contributed by atoms with Crippen LogP contribution in [-0.4, -0.2) is 47.2 Å². The summed E-state index contributed by atoms with van der Waals surface area (Å²) in [5.74, 6) is -1.04. The van der Waals surface area contributed by atoms with Crippen LogP contribution in [0.2, 0.25) is 5.02 Å². The van der Waals surface area contributed by atoms with Crippen molar-refractivity contribution in [2.75, 3.05) is 29.9 Å². The molecule has 3 amide bonds. The molecule has 2 aliphatic rings. The number of piperidine rings is 1. The molecule has 34 heavy (non-hydrogen) atoms. The Morgan fingerprint density at radius 2 is 1.76 bits per heavy atom. The van der Waals surface area contributed by atoms with E-state index in [1.165, 1.54) is 18.2 Å². The minimum Gasteiger partial charge on any atom is -0.342 e. The molecule has 0 aliphatic carbocycles. The molecular formula is C24H25ClN4O5. The molecule has 1 N–H and O–H groups in total. The van der Waals surface area contributed by atoms with Crippen molar-refractivity contribution in [1.29, 1.82) is 0 Å². The number of amides is 3. The highest BCUT2D eigenvalue weighted by molar-refractivity contribution is 6.34. The molecule has 2 aromatic rings. The summed E-state index contributed by atoms with van der Waals surface area (Å²) in [5.41, 5.74) is 2.06. The molecule has 178 valence electrons. The number of anilines is 2. The van der Waals surface area contributed by atoms with Crippen LogP contribution in [0.1, 0.15) is 24.8 Å². The molecule has 2 heterocycles. The number of nitro benzene ring substituents is 1. The first-order chi connectivity index (χ1) is 16.2. The van der Waals surface area contributed by atoms with E-state index in [9.17, 15) is 24.5 Å². The van der Waals surface area contributed by atoms with Gasteiger partial charge in [-0.05, 0) is 38.0 Å². The second kappa shape index (κ2) is 9.80. The molecule has 0 spiro atoms. The summed E-state index contributed by atoms with van der Waals surface area (Å²) in [6.07, 6.45) is 1.17. The van der Waals surface area contributed by atoms with E-state index < -0.39 is 10.8 Å². The predicted molar refractivity (Wildman–Crippen MR) is 128 cm³/mol. The van der Waals surface area contributed by atoms with Gasteiger partial charge in [-0.1, -0.05) is 29.3 Å². The van der Waals surface area contributed by atoms with Crippen molar-refractivity contribution < 1.29 is 19.3 Å². The number of non-ortho nitro benzene ring substituents is 1. The topological polar surface area (TPSA) is 113 Å². The number of benzene rings is 2. The van der Waals surface area contributed by atoms with Crippen LogP contribution in [0.3, 0.4) is 0 Å². The first kappa shape index (κ1) is 23.7. The molecule has 4 rings (SSSR count). The fraction of sp³-hybridized carbons (Fsp3) is 0.375. The fourth-order valence-corrected chi connectivity index (χ4v) is 4.64. The monoisotopic (exact) mass is 484 g/mol. The van der Waals surface area contributed by atoms with Gasteiger partial charge in [0.2, 0.25) is 17.7 Å². The Morgan fingerprint density at radius 3 is 2.38 bits per heavy atom. The Kier molecular flexibility index (Phi) is 6.83. The Balaban J connectivity index is 1.31. The van der Waals surface area contributed by atoms with Crippen LogP contribution in [-0.2, 0) is 14.4 Å². The lowest BCUT2D eigenvalue weighted by molar-refractivity contribution is -0.384. The van der Waals surface area contributed by atoms with Crippen LogP contribution in [0, 0.1) is 28.9 Å². The Hall–Kier alpha value is -3.46. The smallest absolute Gasteiger partial charge is 0.271 e. The molecular weight excluding hydrogens is 460 g/mol. The Bertz CT molecular complexity index is 1130. The van der Waals surface area contributed by atoms with Crippen molar-refractivity contribution in [2.45, 2.75) is 26.2 Å². The number of halogens is 1. The first-order valence-corrected chi connectivity index (χ1v) is 11.5. The van der Waals surface area contributed by atoms with Crippen LogP contribution < -0.4 is 10.2 Å². The van der Waals surface area contributed by atoms with Crippen molar-refractivity contribution in [3.8, 4) is 0 Å². The quantitative estimate of drug-likeness (QED) is 0.512. The summed E-state index contributed by atoms with van der Waals surface area (Å²) in [5, 5.41) is 13.7. The van der Waals surface area contributed by atoms with Crippen molar-refractivity contribution in [3.63, 3.8) is 0 Å². The van der Waals surface area contributed by atoms with Crippen LogP contribution in [0.15, 0.2) is 42.5 Å². The molecule has 10 heteroatoms. The molecule has 0 radical (unpaired) electrons. The molecule has 0 aromatic heterocycles. The van der Waals surface area contributed by atoms with E-state index in [1.807, 2.05) is 31.2 Å². The van der Waals surface area contributed by atoms with Gasteiger partial charge in [-0.25, -0.2) is 0 Å². The first-order valence-electron chi connectivity index (χ1n) is 11.1. The number of hydrogen-bond donors (Lipinski definition) is 1. The fourth-order valence-electron chi connectivity index (χ4n) is 4.42. The van der Waals surface area contributed by atoms with Gasteiger partial charge in [0.05, 0.1) is 21.6 Å².